The Morgan fingerprint density at radius 2 is 1.55 bits per heavy atom. The summed E-state index contributed by atoms with van der Waals surface area (Å²) in [5, 5.41) is 15.2. The molecule has 1 unspecified atom stereocenters. The van der Waals surface area contributed by atoms with E-state index in [1.165, 1.54) is 23.3 Å². The largest absolute Gasteiger partial charge is 0.508 e. The van der Waals surface area contributed by atoms with Crippen molar-refractivity contribution in [2.45, 2.75) is 89.8 Å². The molecule has 0 spiro atoms. The molecule has 0 fully saturated rings. The van der Waals surface area contributed by atoms with Crippen LogP contribution in [0.15, 0.2) is 59.6 Å². The van der Waals surface area contributed by atoms with Crippen molar-refractivity contribution in [1.82, 2.24) is 15.5 Å². The fraction of sp³-hybridized carbons (Fsp3) is 0.528. The second kappa shape index (κ2) is 22.4. The number of nitrogens with zero attached hydrogens (tertiary/aromatic N) is 2. The number of phenols is 1. The molecule has 0 saturated heterocycles. The van der Waals surface area contributed by atoms with Gasteiger partial charge >= 0.3 is 5.97 Å². The second-order valence-electron chi connectivity index (χ2n) is 12.2. The number of aromatic hydroxyl groups is 1. The molecule has 0 saturated carbocycles. The molecular weight excluding hydrogens is 646 g/mol. The number of aliphatic imine (C=N–C) groups is 1. The van der Waals surface area contributed by atoms with Gasteiger partial charge in [0.05, 0.1) is 18.9 Å². The molecule has 0 aliphatic rings. The molecule has 2 rings (SSSR count). The SMILES string of the molecule is CCCCCCCOC(=O)CCN(C)C(=O)[C@H](Cc1ccccc1)NC(=O)[C@@H](CCS(C)=O)NC(=O)[C@H](Cc1ccc(O)cc1)N=C(C)N. The highest BCUT2D eigenvalue weighted by molar-refractivity contribution is 7.84. The topological polar surface area (TPSA) is 180 Å². The van der Waals surface area contributed by atoms with Crippen LogP contribution in [0.5, 0.6) is 5.75 Å². The number of rotatable bonds is 22. The van der Waals surface area contributed by atoms with Gasteiger partial charge in [-0.2, -0.15) is 0 Å². The summed E-state index contributed by atoms with van der Waals surface area (Å²) < 4.78 is 17.4. The fourth-order valence-corrected chi connectivity index (χ4v) is 5.61. The van der Waals surface area contributed by atoms with Crippen molar-refractivity contribution in [2.75, 3.05) is 32.2 Å². The lowest BCUT2D eigenvalue weighted by Crippen LogP contribution is -2.56. The van der Waals surface area contributed by atoms with Gasteiger partial charge in [-0.25, -0.2) is 0 Å². The molecule has 0 aromatic heterocycles. The number of amidine groups is 1. The minimum absolute atomic E-state index is 0.00764. The van der Waals surface area contributed by atoms with Crippen LogP contribution in [0.2, 0.25) is 0 Å². The van der Waals surface area contributed by atoms with Crippen molar-refractivity contribution in [3.8, 4) is 5.75 Å². The van der Waals surface area contributed by atoms with Crippen LogP contribution < -0.4 is 16.4 Å². The molecule has 12 nitrogen and oxygen atoms in total. The number of hydrogen-bond acceptors (Lipinski definition) is 8. The third-order valence-electron chi connectivity index (χ3n) is 7.79. The summed E-state index contributed by atoms with van der Waals surface area (Å²) in [5.41, 5.74) is 7.34. The number of unbranched alkanes of at least 4 members (excludes halogenated alkanes) is 4. The fourth-order valence-electron chi connectivity index (χ4n) is 5.04. The molecule has 4 atom stereocenters. The van der Waals surface area contributed by atoms with Gasteiger partial charge in [0.15, 0.2) is 0 Å². The van der Waals surface area contributed by atoms with Gasteiger partial charge in [0.2, 0.25) is 17.7 Å². The van der Waals surface area contributed by atoms with Crippen LogP contribution >= 0.6 is 0 Å². The zero-order valence-corrected chi connectivity index (χ0v) is 30.0. The van der Waals surface area contributed by atoms with E-state index in [-0.39, 0.29) is 49.6 Å². The number of hydrogen-bond donors (Lipinski definition) is 4. The first-order chi connectivity index (χ1) is 23.4. The van der Waals surface area contributed by atoms with E-state index >= 15 is 0 Å². The molecule has 2 aromatic carbocycles. The van der Waals surface area contributed by atoms with Crippen molar-refractivity contribution < 1.29 is 33.2 Å². The third kappa shape index (κ3) is 16.6. The first-order valence-electron chi connectivity index (χ1n) is 16.8. The molecule has 0 aliphatic carbocycles. The average molecular weight is 700 g/mol. The van der Waals surface area contributed by atoms with Crippen LogP contribution in [0, 0.1) is 0 Å². The van der Waals surface area contributed by atoms with Gasteiger partial charge in [-0.1, -0.05) is 75.1 Å². The number of esters is 1. The maximum absolute atomic E-state index is 13.8. The van der Waals surface area contributed by atoms with Crippen molar-refractivity contribution in [2.24, 2.45) is 10.7 Å². The van der Waals surface area contributed by atoms with Crippen molar-refractivity contribution in [3.05, 3.63) is 65.7 Å². The summed E-state index contributed by atoms with van der Waals surface area (Å²) in [6.07, 6.45) is 7.04. The predicted molar refractivity (Wildman–Crippen MR) is 192 cm³/mol. The highest BCUT2D eigenvalue weighted by Crippen LogP contribution is 2.14. The molecule has 0 radical (unpaired) electrons. The Morgan fingerprint density at radius 3 is 2.18 bits per heavy atom. The van der Waals surface area contributed by atoms with Crippen LogP contribution in [-0.2, 0) is 47.6 Å². The first-order valence-corrected chi connectivity index (χ1v) is 18.5. The zero-order chi connectivity index (χ0) is 36.2. The first kappa shape index (κ1) is 40.9. The Morgan fingerprint density at radius 1 is 0.918 bits per heavy atom. The van der Waals surface area contributed by atoms with Crippen molar-refractivity contribution in [1.29, 1.82) is 0 Å². The van der Waals surface area contributed by atoms with Crippen LogP contribution in [0.1, 0.15) is 69.9 Å². The van der Waals surface area contributed by atoms with E-state index in [1.54, 1.807) is 26.1 Å². The molecular formula is C36H53N5O7S. The molecule has 0 heterocycles. The van der Waals surface area contributed by atoms with Crippen molar-refractivity contribution >= 4 is 40.3 Å². The van der Waals surface area contributed by atoms with E-state index in [1.807, 2.05) is 30.3 Å². The maximum Gasteiger partial charge on any atom is 0.307 e. The molecule has 49 heavy (non-hydrogen) atoms. The van der Waals surface area contributed by atoms with E-state index in [4.69, 9.17) is 10.5 Å². The number of ether oxygens (including phenoxy) is 1. The summed E-state index contributed by atoms with van der Waals surface area (Å²) in [6.45, 7) is 4.12. The number of amides is 3. The summed E-state index contributed by atoms with van der Waals surface area (Å²) in [6, 6.07) is 12.4. The number of benzene rings is 2. The lowest BCUT2D eigenvalue weighted by atomic mass is 10.0. The Kier molecular flexibility index (Phi) is 18.7. The van der Waals surface area contributed by atoms with Crippen LogP contribution in [0.4, 0.5) is 0 Å². The smallest absolute Gasteiger partial charge is 0.307 e. The lowest BCUT2D eigenvalue weighted by molar-refractivity contribution is -0.145. The maximum atomic E-state index is 13.8. The number of nitrogens with one attached hydrogen (secondary N) is 2. The molecule has 0 bridgehead atoms. The highest BCUT2D eigenvalue weighted by atomic mass is 32.2. The quantitative estimate of drug-likeness (QED) is 0.0627. The summed E-state index contributed by atoms with van der Waals surface area (Å²) in [5.74, 6) is -1.65. The van der Waals surface area contributed by atoms with E-state index in [2.05, 4.69) is 22.5 Å². The van der Waals surface area contributed by atoms with Gasteiger partial charge in [0, 0.05) is 49.2 Å². The molecule has 0 aliphatic heterocycles. The summed E-state index contributed by atoms with van der Waals surface area (Å²) in [7, 11) is 0.295. The molecule has 13 heteroatoms. The molecule has 2 aromatic rings. The van der Waals surface area contributed by atoms with E-state index < -0.39 is 52.6 Å². The Bertz CT molecular complexity index is 1380. The summed E-state index contributed by atoms with van der Waals surface area (Å²) in [4.78, 5) is 59.0. The van der Waals surface area contributed by atoms with Gasteiger partial charge in [0.1, 0.15) is 23.9 Å². The minimum atomic E-state index is -1.27. The zero-order valence-electron chi connectivity index (χ0n) is 29.2. The van der Waals surface area contributed by atoms with Gasteiger partial charge in [-0.3, -0.25) is 28.4 Å². The Labute approximate surface area is 292 Å². The standard InChI is InChI=1S/C36H53N5O7S/c1-5-6-7-8-12-22-48-33(43)19-21-41(3)36(46)32(25-27-13-10-9-11-14-27)40-34(44)30(20-23-49(4)47)39-35(45)31(38-26(2)37)24-28-15-17-29(42)18-16-28/h9-11,13-18,30-32,42H,5-8,12,19-25H2,1-4H3,(H2,37,38)(H,39,45)(H,40,44)/t30-,31+,32+,49?/m1/s1. The Hall–Kier alpha value is -4.26. The lowest BCUT2D eigenvalue weighted by Gasteiger charge is -2.27. The average Bonchev–Trinajstić information content (AvgIpc) is 3.07. The minimum Gasteiger partial charge on any atom is -0.508 e. The van der Waals surface area contributed by atoms with E-state index in [0.29, 0.717) is 12.2 Å². The molecule has 3 amide bonds. The van der Waals surface area contributed by atoms with Crippen LogP contribution in [-0.4, -0.2) is 94.1 Å². The van der Waals surface area contributed by atoms with E-state index in [9.17, 15) is 28.5 Å². The molecule has 270 valence electrons. The van der Waals surface area contributed by atoms with Gasteiger partial charge in [0.25, 0.3) is 0 Å². The van der Waals surface area contributed by atoms with Gasteiger partial charge in [-0.15, -0.1) is 0 Å². The number of carbonyl (C=O) groups excluding carboxylic acids is 4. The molecule has 5 N–H and O–H groups in total. The number of nitrogens with two attached hydrogens (primary N) is 1. The van der Waals surface area contributed by atoms with Crippen LogP contribution in [0.25, 0.3) is 0 Å². The second-order valence-corrected chi connectivity index (χ2v) is 13.7. The third-order valence-corrected chi connectivity index (χ3v) is 8.60. The van der Waals surface area contributed by atoms with Gasteiger partial charge < -0.3 is 31.1 Å². The Balaban J connectivity index is 2.18. The highest BCUT2D eigenvalue weighted by Gasteiger charge is 2.31. The normalized spacial score (nSPS) is 13.8. The van der Waals surface area contributed by atoms with Crippen LogP contribution in [0.3, 0.4) is 0 Å². The number of phenolic OH excluding ortho intramolecular Hbond substituents is 1. The van der Waals surface area contributed by atoms with Crippen molar-refractivity contribution in [3.63, 3.8) is 0 Å². The number of carbonyl (C=O) groups is 4. The van der Waals surface area contributed by atoms with E-state index in [0.717, 1.165) is 37.7 Å². The number of likely N-dealkylation sites (N-methyl/N-ethyl adjacent to an activating group) is 1. The predicted octanol–water partition coefficient (Wildman–Crippen LogP) is 3.02. The van der Waals surface area contributed by atoms with Gasteiger partial charge in [-0.05, 0) is 43.0 Å². The summed E-state index contributed by atoms with van der Waals surface area (Å²) >= 11 is 0. The monoisotopic (exact) mass is 699 g/mol.